The van der Waals surface area contributed by atoms with Crippen LogP contribution in [0.3, 0.4) is 0 Å². The van der Waals surface area contributed by atoms with Gasteiger partial charge in [0.25, 0.3) is 0 Å². The predicted molar refractivity (Wildman–Crippen MR) is 57.1 cm³/mol. The van der Waals surface area contributed by atoms with Crippen molar-refractivity contribution in [3.8, 4) is 17.4 Å². The van der Waals surface area contributed by atoms with E-state index >= 15 is 0 Å². The molecule has 0 saturated carbocycles. The molecule has 76 valence electrons. The van der Waals surface area contributed by atoms with E-state index in [1.807, 2.05) is 30.3 Å². The number of nitrogens with zero attached hydrogens (tertiary/aromatic N) is 2. The third-order valence-electron chi connectivity index (χ3n) is 1.91. The summed E-state index contributed by atoms with van der Waals surface area (Å²) in [6.07, 6.45) is 1.45. The molecular formula is C11H10N2O2. The topological polar surface area (TPSA) is 58.6 Å². The van der Waals surface area contributed by atoms with Gasteiger partial charge >= 0.3 is 5.95 Å². The van der Waals surface area contributed by atoms with E-state index < -0.39 is 0 Å². The summed E-state index contributed by atoms with van der Waals surface area (Å²) >= 11 is 0. The quantitative estimate of drug-likeness (QED) is 0.758. The third-order valence-corrected chi connectivity index (χ3v) is 1.91. The number of rotatable bonds is 2. The van der Waals surface area contributed by atoms with Crippen LogP contribution in [0.2, 0.25) is 0 Å². The largest absolute Gasteiger partial charge is 0.479 e. The minimum absolute atomic E-state index is 0.209. The Labute approximate surface area is 86.9 Å². The van der Waals surface area contributed by atoms with Crippen LogP contribution in [0, 0.1) is 0 Å². The number of hydrogen-bond acceptors (Lipinski definition) is 4. The number of aromatic hydroxyl groups is 1. The lowest BCUT2D eigenvalue weighted by Crippen LogP contribution is -1.81. The molecule has 0 unspecified atom stereocenters. The smallest absolute Gasteiger partial charge is 0.312 e. The monoisotopic (exact) mass is 202 g/mol. The fourth-order valence-electron chi connectivity index (χ4n) is 1.23. The molecule has 0 atom stereocenters. The van der Waals surface area contributed by atoms with Crippen molar-refractivity contribution in [2.75, 3.05) is 7.05 Å². The number of oxazole rings is 1. The lowest BCUT2D eigenvalue weighted by atomic mass is 10.2. The molecule has 0 aliphatic heterocycles. The van der Waals surface area contributed by atoms with Crippen molar-refractivity contribution < 1.29 is 9.52 Å². The van der Waals surface area contributed by atoms with Crippen molar-refractivity contribution in [2.45, 2.75) is 0 Å². The fourth-order valence-corrected chi connectivity index (χ4v) is 1.23. The van der Waals surface area contributed by atoms with Gasteiger partial charge in [-0.3, -0.25) is 4.99 Å². The van der Waals surface area contributed by atoms with Crippen LogP contribution in [-0.4, -0.2) is 23.4 Å². The fraction of sp³-hybridized carbons (Fsp3) is 0.0909. The number of benzene rings is 1. The first kappa shape index (κ1) is 9.45. The Bertz CT molecular complexity index is 475. The molecule has 1 aromatic heterocycles. The highest BCUT2D eigenvalue weighted by atomic mass is 16.5. The van der Waals surface area contributed by atoms with Crippen LogP contribution in [-0.2, 0) is 0 Å². The van der Waals surface area contributed by atoms with Crippen LogP contribution in [0.5, 0.6) is 5.95 Å². The van der Waals surface area contributed by atoms with E-state index in [9.17, 15) is 5.11 Å². The maximum Gasteiger partial charge on any atom is 0.312 e. The van der Waals surface area contributed by atoms with Gasteiger partial charge < -0.3 is 9.52 Å². The summed E-state index contributed by atoms with van der Waals surface area (Å²) in [5, 5.41) is 9.40. The zero-order chi connectivity index (χ0) is 10.7. The highest BCUT2D eigenvalue weighted by molar-refractivity contribution is 5.80. The molecule has 2 rings (SSSR count). The summed E-state index contributed by atoms with van der Waals surface area (Å²) in [4.78, 5) is 7.87. The van der Waals surface area contributed by atoms with Gasteiger partial charge in [-0.1, -0.05) is 18.2 Å². The first-order chi connectivity index (χ1) is 7.31. The second-order valence-corrected chi connectivity index (χ2v) is 2.96. The van der Waals surface area contributed by atoms with Gasteiger partial charge in [0.15, 0.2) is 5.69 Å². The Kier molecular flexibility index (Phi) is 2.49. The van der Waals surface area contributed by atoms with Crippen LogP contribution in [0.25, 0.3) is 11.5 Å². The summed E-state index contributed by atoms with van der Waals surface area (Å²) in [5.74, 6) is 0.183. The van der Waals surface area contributed by atoms with Crippen LogP contribution in [0.15, 0.2) is 39.7 Å². The molecular weight excluding hydrogens is 192 g/mol. The molecule has 4 nitrogen and oxygen atoms in total. The van der Waals surface area contributed by atoms with Crippen molar-refractivity contribution >= 4 is 6.21 Å². The minimum Gasteiger partial charge on any atom is -0.479 e. The van der Waals surface area contributed by atoms with E-state index in [0.29, 0.717) is 11.6 Å². The van der Waals surface area contributed by atoms with Crippen molar-refractivity contribution in [1.82, 2.24) is 4.98 Å². The van der Waals surface area contributed by atoms with Gasteiger partial charge in [-0.05, 0) is 12.1 Å². The minimum atomic E-state index is -0.209. The van der Waals surface area contributed by atoms with E-state index in [1.165, 1.54) is 6.21 Å². The molecule has 0 aliphatic carbocycles. The van der Waals surface area contributed by atoms with Crippen LogP contribution in [0.1, 0.15) is 5.69 Å². The SMILES string of the molecule is CN=Cc1nc(-c2ccccc2)oc1O. The molecule has 0 bridgehead atoms. The second kappa shape index (κ2) is 3.96. The highest BCUT2D eigenvalue weighted by Crippen LogP contribution is 2.24. The molecule has 2 aromatic rings. The van der Waals surface area contributed by atoms with E-state index in [4.69, 9.17) is 4.42 Å². The molecule has 0 radical (unpaired) electrons. The van der Waals surface area contributed by atoms with Gasteiger partial charge in [-0.15, -0.1) is 0 Å². The summed E-state index contributed by atoms with van der Waals surface area (Å²) in [6.45, 7) is 0. The van der Waals surface area contributed by atoms with Gasteiger partial charge in [-0.2, -0.15) is 0 Å². The summed E-state index contributed by atoms with van der Waals surface area (Å²) in [5.41, 5.74) is 1.17. The van der Waals surface area contributed by atoms with Crippen molar-refractivity contribution in [3.63, 3.8) is 0 Å². The van der Waals surface area contributed by atoms with Crippen LogP contribution < -0.4 is 0 Å². The maximum absolute atomic E-state index is 9.40. The normalized spacial score (nSPS) is 11.0. The lowest BCUT2D eigenvalue weighted by Gasteiger charge is -1.91. The molecule has 1 heterocycles. The Morgan fingerprint density at radius 3 is 2.73 bits per heavy atom. The molecule has 1 aromatic carbocycles. The van der Waals surface area contributed by atoms with Gasteiger partial charge in [0.1, 0.15) is 0 Å². The molecule has 0 amide bonds. The highest BCUT2D eigenvalue weighted by Gasteiger charge is 2.11. The van der Waals surface area contributed by atoms with Gasteiger partial charge in [0.05, 0.1) is 6.21 Å². The number of aliphatic imine (C=N–C) groups is 1. The van der Waals surface area contributed by atoms with E-state index in [0.717, 1.165) is 5.56 Å². The average molecular weight is 202 g/mol. The van der Waals surface area contributed by atoms with Gasteiger partial charge in [0, 0.05) is 12.6 Å². The van der Waals surface area contributed by atoms with E-state index in [1.54, 1.807) is 7.05 Å². The first-order valence-electron chi connectivity index (χ1n) is 4.48. The van der Waals surface area contributed by atoms with Crippen molar-refractivity contribution in [1.29, 1.82) is 0 Å². The molecule has 4 heteroatoms. The Balaban J connectivity index is 2.43. The summed E-state index contributed by atoms with van der Waals surface area (Å²) in [6, 6.07) is 9.38. The van der Waals surface area contributed by atoms with E-state index in [2.05, 4.69) is 9.98 Å². The molecule has 15 heavy (non-hydrogen) atoms. The average Bonchev–Trinajstić information content (AvgIpc) is 2.63. The molecule has 0 spiro atoms. The first-order valence-corrected chi connectivity index (χ1v) is 4.48. The van der Waals surface area contributed by atoms with Gasteiger partial charge in [0.2, 0.25) is 5.89 Å². The van der Waals surface area contributed by atoms with Crippen LogP contribution >= 0.6 is 0 Å². The zero-order valence-corrected chi connectivity index (χ0v) is 8.21. The van der Waals surface area contributed by atoms with Gasteiger partial charge in [-0.25, -0.2) is 4.98 Å². The third kappa shape index (κ3) is 1.88. The number of hydrogen-bond donors (Lipinski definition) is 1. The number of aromatic nitrogens is 1. The Morgan fingerprint density at radius 2 is 2.07 bits per heavy atom. The Morgan fingerprint density at radius 1 is 1.33 bits per heavy atom. The molecule has 1 N–H and O–H groups in total. The predicted octanol–water partition coefficient (Wildman–Crippen LogP) is 2.10. The molecule has 0 saturated heterocycles. The Hall–Kier alpha value is -2.10. The summed E-state index contributed by atoms with van der Waals surface area (Å²) in [7, 11) is 1.61. The van der Waals surface area contributed by atoms with Crippen molar-refractivity contribution in [3.05, 3.63) is 36.0 Å². The second-order valence-electron chi connectivity index (χ2n) is 2.96. The molecule has 0 fully saturated rings. The molecule has 0 aliphatic rings. The van der Waals surface area contributed by atoms with E-state index in [-0.39, 0.29) is 5.95 Å². The standard InChI is InChI=1S/C11H10N2O2/c1-12-7-9-11(14)15-10(13-9)8-5-3-2-4-6-8/h2-7,14H,1H3. The van der Waals surface area contributed by atoms with Crippen LogP contribution in [0.4, 0.5) is 0 Å². The van der Waals surface area contributed by atoms with Crippen molar-refractivity contribution in [2.24, 2.45) is 4.99 Å². The maximum atomic E-state index is 9.40. The summed E-state index contributed by atoms with van der Waals surface area (Å²) < 4.78 is 5.11. The lowest BCUT2D eigenvalue weighted by molar-refractivity contribution is 0.337. The zero-order valence-electron chi connectivity index (χ0n) is 8.21.